The van der Waals surface area contributed by atoms with Gasteiger partial charge in [0, 0.05) is 36.5 Å². The average Bonchev–Trinajstić information content (AvgIpc) is 3.32. The molecule has 1 heterocycles. The van der Waals surface area contributed by atoms with Gasteiger partial charge in [0.1, 0.15) is 5.01 Å². The minimum atomic E-state index is -1.52. The quantitative estimate of drug-likeness (QED) is 0.261. The van der Waals surface area contributed by atoms with Crippen LogP contribution < -0.4 is 15.4 Å². The smallest absolute Gasteiger partial charge is 0.411 e. The number of aliphatic hydroxyl groups excluding tert-OH is 1. The van der Waals surface area contributed by atoms with Crippen LogP contribution in [0, 0.1) is 0 Å². The number of rotatable bonds is 10. The highest BCUT2D eigenvalue weighted by molar-refractivity contribution is 7.89. The third-order valence-corrected chi connectivity index (χ3v) is 7.58. The van der Waals surface area contributed by atoms with Gasteiger partial charge in [-0.2, -0.15) is 0 Å². The number of amides is 2. The largest absolute Gasteiger partial charge is 0.593 e. The third-order valence-electron chi connectivity index (χ3n) is 4.97. The molecule has 0 radical (unpaired) electrons. The van der Waals surface area contributed by atoms with Crippen molar-refractivity contribution in [2.75, 3.05) is 11.9 Å². The molecule has 1 atom stereocenters. The minimum Gasteiger partial charge on any atom is -0.593 e. The predicted octanol–water partition coefficient (Wildman–Crippen LogP) is 4.84. The summed E-state index contributed by atoms with van der Waals surface area (Å²) in [4.78, 5) is 29.6. The van der Waals surface area contributed by atoms with Crippen LogP contribution in [0.5, 0.6) is 0 Å². The molecule has 4 N–H and O–H groups in total. The molecule has 1 unspecified atom stereocenters. The van der Waals surface area contributed by atoms with E-state index in [1.165, 1.54) is 11.3 Å². The molecular weight excluding hydrogens is 524 g/mol. The fraction of sp³-hybridized carbons (Fsp3) is 0.370. The van der Waals surface area contributed by atoms with Gasteiger partial charge in [0.15, 0.2) is 4.90 Å². The van der Waals surface area contributed by atoms with Gasteiger partial charge in [-0.25, -0.2) is 9.78 Å². The molecule has 3 aromatic rings. The number of anilines is 1. The van der Waals surface area contributed by atoms with Crippen molar-refractivity contribution in [2.24, 2.45) is 0 Å². The van der Waals surface area contributed by atoms with E-state index < -0.39 is 17.5 Å². The molecule has 0 saturated carbocycles. The molecule has 0 fully saturated rings. The lowest BCUT2D eigenvalue weighted by molar-refractivity contribution is -0.121. The van der Waals surface area contributed by atoms with Crippen LogP contribution in [0.25, 0.3) is 21.0 Å². The first-order valence-corrected chi connectivity index (χ1v) is 14.2. The Kier molecular flexibility index (Phi) is 10.3. The molecule has 11 heteroatoms. The van der Waals surface area contributed by atoms with E-state index in [1.807, 2.05) is 51.1 Å². The number of nitrogens with one attached hydrogen (secondary N) is 3. The Hall–Kier alpha value is -2.96. The van der Waals surface area contributed by atoms with Crippen molar-refractivity contribution < 1.29 is 24.0 Å². The summed E-state index contributed by atoms with van der Waals surface area (Å²) in [5, 5.41) is 15.2. The van der Waals surface area contributed by atoms with E-state index in [0.717, 1.165) is 26.6 Å². The first kappa shape index (κ1) is 29.6. The number of ether oxygens (including phenoxy) is 1. The molecule has 2 aromatic carbocycles. The Morgan fingerprint density at radius 1 is 1.16 bits per heavy atom. The van der Waals surface area contributed by atoms with Crippen LogP contribution in [0.1, 0.15) is 46.6 Å². The second-order valence-corrected chi connectivity index (χ2v) is 12.1. The Labute approximate surface area is 230 Å². The Bertz CT molecular complexity index is 1240. The maximum Gasteiger partial charge on any atom is 0.411 e. The summed E-state index contributed by atoms with van der Waals surface area (Å²) >= 11 is -0.0528. The standard InChI is InChI=1S/C27H34N4O5S2/c1-17(2)36-26(34)30-20-9-7-19(8-10-20)25-29-16-22(37-25)21-11-6-18(15-28-24(33)12-13-32)14-23(21)38(35)31-27(3,4)5/h6-11,14,16-17,31-32H,12-13,15H2,1-5H3,(H,28,33)(H,30,34). The van der Waals surface area contributed by atoms with Crippen LogP contribution in [0.3, 0.4) is 0 Å². The van der Waals surface area contributed by atoms with Crippen LogP contribution in [0.2, 0.25) is 0 Å². The molecule has 3 rings (SSSR count). The number of aliphatic hydroxyl groups is 1. The Morgan fingerprint density at radius 3 is 2.50 bits per heavy atom. The van der Waals surface area contributed by atoms with Crippen molar-refractivity contribution in [3.05, 3.63) is 54.2 Å². The summed E-state index contributed by atoms with van der Waals surface area (Å²) in [6.45, 7) is 9.44. The molecule has 0 saturated heterocycles. The third kappa shape index (κ3) is 8.81. The van der Waals surface area contributed by atoms with E-state index in [-0.39, 0.29) is 37.1 Å². The van der Waals surface area contributed by atoms with Crippen molar-refractivity contribution in [3.63, 3.8) is 0 Å². The summed E-state index contributed by atoms with van der Waals surface area (Å²) in [6.07, 6.45) is 1.07. The molecule has 0 spiro atoms. The molecule has 38 heavy (non-hydrogen) atoms. The normalized spacial score (nSPS) is 12.3. The van der Waals surface area contributed by atoms with Gasteiger partial charge in [-0.1, -0.05) is 6.07 Å². The van der Waals surface area contributed by atoms with Crippen molar-refractivity contribution in [2.45, 2.75) is 64.1 Å². The molecule has 9 nitrogen and oxygen atoms in total. The van der Waals surface area contributed by atoms with E-state index in [2.05, 4.69) is 20.3 Å². The molecule has 0 bridgehead atoms. The number of nitrogens with zero attached hydrogens (tertiary/aromatic N) is 1. The molecule has 0 aliphatic rings. The maximum absolute atomic E-state index is 13.3. The highest BCUT2D eigenvalue weighted by Crippen LogP contribution is 2.36. The van der Waals surface area contributed by atoms with E-state index >= 15 is 0 Å². The molecule has 204 valence electrons. The van der Waals surface area contributed by atoms with Gasteiger partial charge in [0.2, 0.25) is 5.91 Å². The summed E-state index contributed by atoms with van der Waals surface area (Å²) in [5.74, 6) is -0.253. The topological polar surface area (TPSA) is 136 Å². The fourth-order valence-corrected chi connectivity index (χ4v) is 5.67. The Morgan fingerprint density at radius 2 is 1.87 bits per heavy atom. The lowest BCUT2D eigenvalue weighted by Gasteiger charge is -2.23. The van der Waals surface area contributed by atoms with Crippen LogP contribution in [0.15, 0.2) is 53.6 Å². The minimum absolute atomic E-state index is 0.0329. The average molecular weight is 559 g/mol. The van der Waals surface area contributed by atoms with Gasteiger partial charge >= 0.3 is 6.09 Å². The number of thiazole rings is 1. The maximum atomic E-state index is 13.3. The van der Waals surface area contributed by atoms with E-state index in [1.54, 1.807) is 32.2 Å². The van der Waals surface area contributed by atoms with Gasteiger partial charge in [-0.3, -0.25) is 10.1 Å². The van der Waals surface area contributed by atoms with Gasteiger partial charge in [0.25, 0.3) is 0 Å². The lowest BCUT2D eigenvalue weighted by atomic mass is 10.1. The van der Waals surface area contributed by atoms with Crippen LogP contribution in [-0.2, 0) is 27.4 Å². The van der Waals surface area contributed by atoms with Gasteiger partial charge < -0.3 is 19.7 Å². The van der Waals surface area contributed by atoms with Crippen LogP contribution in [0.4, 0.5) is 10.5 Å². The van der Waals surface area contributed by atoms with Gasteiger partial charge in [-0.05, 0) is 70.5 Å². The summed E-state index contributed by atoms with van der Waals surface area (Å²) in [7, 11) is 0. The zero-order valence-electron chi connectivity index (χ0n) is 22.2. The van der Waals surface area contributed by atoms with Gasteiger partial charge in [0.05, 0.1) is 40.1 Å². The predicted molar refractivity (Wildman–Crippen MR) is 151 cm³/mol. The number of hydrogen-bond acceptors (Lipinski definition) is 8. The monoisotopic (exact) mass is 558 g/mol. The zero-order chi connectivity index (χ0) is 27.9. The number of benzene rings is 2. The van der Waals surface area contributed by atoms with E-state index in [9.17, 15) is 14.1 Å². The number of aromatic nitrogens is 1. The van der Waals surface area contributed by atoms with Crippen molar-refractivity contribution in [1.82, 2.24) is 15.0 Å². The molecule has 1 aromatic heterocycles. The molecule has 0 aliphatic heterocycles. The highest BCUT2D eigenvalue weighted by atomic mass is 32.2. The fourth-order valence-electron chi connectivity index (χ4n) is 3.35. The number of carbonyl (C=O) groups is 2. The molecular formula is C27H34N4O5S2. The van der Waals surface area contributed by atoms with Crippen molar-refractivity contribution in [3.8, 4) is 21.0 Å². The van der Waals surface area contributed by atoms with Crippen LogP contribution in [-0.4, -0.2) is 44.9 Å². The summed E-state index contributed by atoms with van der Waals surface area (Å²) in [5.41, 5.74) is 2.68. The molecule has 2 amide bonds. The first-order chi connectivity index (χ1) is 17.9. The van der Waals surface area contributed by atoms with Gasteiger partial charge in [-0.15, -0.1) is 16.1 Å². The summed E-state index contributed by atoms with van der Waals surface area (Å²) in [6, 6.07) is 12.9. The molecule has 0 aliphatic carbocycles. The Balaban J connectivity index is 1.85. The zero-order valence-corrected chi connectivity index (χ0v) is 23.8. The highest BCUT2D eigenvalue weighted by Gasteiger charge is 2.25. The number of carbonyl (C=O) groups excluding carboxylic acids is 2. The van der Waals surface area contributed by atoms with E-state index in [4.69, 9.17) is 9.84 Å². The second-order valence-electron chi connectivity index (χ2n) is 9.89. The first-order valence-electron chi connectivity index (χ1n) is 12.2. The summed E-state index contributed by atoms with van der Waals surface area (Å²) < 4.78 is 21.6. The lowest BCUT2D eigenvalue weighted by Crippen LogP contribution is -2.40. The number of hydrogen-bond donors (Lipinski definition) is 4. The SMILES string of the molecule is CC(C)OC(=O)Nc1ccc(-c2ncc(-c3ccc(CNC(=O)CCO)cc3[S+]([O-])NC(C)(C)C)s2)cc1. The second kappa shape index (κ2) is 13.2. The van der Waals surface area contributed by atoms with E-state index in [0.29, 0.717) is 10.6 Å². The van der Waals surface area contributed by atoms with Crippen molar-refractivity contribution >= 4 is 40.4 Å². The van der Waals surface area contributed by atoms with Crippen molar-refractivity contribution in [1.29, 1.82) is 0 Å². The van der Waals surface area contributed by atoms with Crippen LogP contribution >= 0.6 is 11.3 Å².